The van der Waals surface area contributed by atoms with Crippen molar-refractivity contribution in [1.82, 2.24) is 10.2 Å². The highest BCUT2D eigenvalue weighted by Crippen LogP contribution is 2.28. The van der Waals surface area contributed by atoms with Crippen LogP contribution >= 0.6 is 23.2 Å². The largest absolute Gasteiger partial charge is 0.352 e. The number of hydrogen-bond donors (Lipinski definition) is 1. The molecule has 1 N–H and O–H groups in total. The topological polar surface area (TPSA) is 86.8 Å². The van der Waals surface area contributed by atoms with E-state index in [4.69, 9.17) is 23.2 Å². The number of anilines is 1. The van der Waals surface area contributed by atoms with E-state index in [-0.39, 0.29) is 43.6 Å². The van der Waals surface area contributed by atoms with E-state index >= 15 is 0 Å². The zero-order valence-corrected chi connectivity index (χ0v) is 24.3. The maximum atomic E-state index is 13.8. The smallest absolute Gasteiger partial charge is 0.243 e. The average Bonchev–Trinajstić information content (AvgIpc) is 3.37. The molecule has 1 fully saturated rings. The van der Waals surface area contributed by atoms with Gasteiger partial charge in [0.25, 0.3) is 0 Å². The van der Waals surface area contributed by atoms with Crippen molar-refractivity contribution in [3.63, 3.8) is 0 Å². The van der Waals surface area contributed by atoms with E-state index in [0.717, 1.165) is 54.4 Å². The normalized spacial score (nSPS) is 14.7. The molecule has 0 unspecified atom stereocenters. The number of nitrogens with one attached hydrogen (secondary N) is 1. The van der Waals surface area contributed by atoms with Gasteiger partial charge in [-0.2, -0.15) is 0 Å². The molecule has 0 heterocycles. The van der Waals surface area contributed by atoms with Crippen LogP contribution in [0.2, 0.25) is 10.0 Å². The molecular weight excluding hydrogens is 571 g/mol. The van der Waals surface area contributed by atoms with Crippen LogP contribution in [0.5, 0.6) is 0 Å². The van der Waals surface area contributed by atoms with Crippen LogP contribution in [-0.2, 0) is 26.2 Å². The Hall–Kier alpha value is -2.43. The van der Waals surface area contributed by atoms with E-state index in [2.05, 4.69) is 5.32 Å². The molecule has 7 nitrogen and oxygen atoms in total. The van der Waals surface area contributed by atoms with Gasteiger partial charge in [0.2, 0.25) is 21.8 Å². The van der Waals surface area contributed by atoms with E-state index < -0.39 is 33.6 Å². The van der Waals surface area contributed by atoms with Gasteiger partial charge < -0.3 is 10.2 Å². The number of carbonyl (C=O) groups is 2. The predicted octanol–water partition coefficient (Wildman–Crippen LogP) is 5.68. The fraction of sp³-hybridized carbons (Fsp3) is 0.481. The first-order valence-corrected chi connectivity index (χ1v) is 15.5. The second kappa shape index (κ2) is 13.8. The lowest BCUT2D eigenvalue weighted by molar-refractivity contribution is -0.141. The number of benzene rings is 2. The lowest BCUT2D eigenvalue weighted by atomic mass is 10.1. The second-order valence-corrected chi connectivity index (χ2v) is 12.4. The fourth-order valence-electron chi connectivity index (χ4n) is 4.78. The highest BCUT2D eigenvalue weighted by molar-refractivity contribution is 7.92. The lowest BCUT2D eigenvalue weighted by Gasteiger charge is -2.32. The van der Waals surface area contributed by atoms with Crippen molar-refractivity contribution < 1.29 is 26.8 Å². The van der Waals surface area contributed by atoms with Gasteiger partial charge in [-0.3, -0.25) is 13.9 Å². The van der Waals surface area contributed by atoms with Crippen LogP contribution in [-0.4, -0.2) is 50.0 Å². The molecule has 1 atom stereocenters. The lowest BCUT2D eigenvalue weighted by Crippen LogP contribution is -2.51. The minimum Gasteiger partial charge on any atom is -0.352 e. The minimum absolute atomic E-state index is 0.00705. The molecule has 1 aliphatic rings. The van der Waals surface area contributed by atoms with Gasteiger partial charge in [-0.25, -0.2) is 17.2 Å². The Bertz CT molecular complexity index is 1270. The molecule has 0 aromatic heterocycles. The fourth-order valence-corrected chi connectivity index (χ4v) is 6.26. The molecule has 0 aliphatic heterocycles. The molecule has 0 bridgehead atoms. The van der Waals surface area contributed by atoms with Gasteiger partial charge in [-0.05, 0) is 49.9 Å². The van der Waals surface area contributed by atoms with Crippen molar-refractivity contribution in [2.45, 2.75) is 70.5 Å². The molecule has 0 spiro atoms. The maximum Gasteiger partial charge on any atom is 0.243 e. The summed E-state index contributed by atoms with van der Waals surface area (Å²) in [6.07, 6.45) is 5.10. The van der Waals surface area contributed by atoms with Gasteiger partial charge in [0, 0.05) is 47.2 Å². The van der Waals surface area contributed by atoms with Crippen molar-refractivity contribution in [3.05, 3.63) is 63.6 Å². The number of hydrogen-bond acceptors (Lipinski definition) is 4. The third-order valence-electron chi connectivity index (χ3n) is 6.82. The van der Waals surface area contributed by atoms with E-state index in [0.29, 0.717) is 22.0 Å². The Labute approximate surface area is 238 Å². The zero-order valence-electron chi connectivity index (χ0n) is 21.9. The van der Waals surface area contributed by atoms with E-state index in [1.165, 1.54) is 4.90 Å². The van der Waals surface area contributed by atoms with Gasteiger partial charge in [-0.1, -0.05) is 49.0 Å². The standard InChI is InChI=1S/C27H33Cl2F2N3O4S/c1-3-25(27(36)32-18-8-4-5-9-18)33(17-20-21(28)10-6-11-22(20)29)26(35)12-7-15-34(39(2,37)38)19-13-14-23(30)24(31)16-19/h6,10-11,13-14,16,18,25H,3-5,7-9,12,15,17H2,1-2H3,(H,32,36)/t25-/m1/s1. The average molecular weight is 605 g/mol. The zero-order chi connectivity index (χ0) is 28.7. The highest BCUT2D eigenvalue weighted by atomic mass is 35.5. The third-order valence-corrected chi connectivity index (χ3v) is 8.72. The summed E-state index contributed by atoms with van der Waals surface area (Å²) in [7, 11) is -3.85. The first-order valence-electron chi connectivity index (χ1n) is 12.9. The Balaban J connectivity index is 1.81. The molecule has 1 saturated carbocycles. The predicted molar refractivity (Wildman–Crippen MR) is 149 cm³/mol. The van der Waals surface area contributed by atoms with Crippen molar-refractivity contribution in [2.24, 2.45) is 0 Å². The quantitative estimate of drug-likeness (QED) is 0.338. The first-order chi connectivity index (χ1) is 18.4. The Kier molecular flexibility index (Phi) is 11.0. The summed E-state index contributed by atoms with van der Waals surface area (Å²) >= 11 is 12.8. The van der Waals surface area contributed by atoms with Gasteiger partial charge >= 0.3 is 0 Å². The van der Waals surface area contributed by atoms with Crippen molar-refractivity contribution >= 4 is 50.7 Å². The highest BCUT2D eigenvalue weighted by Gasteiger charge is 2.31. The molecule has 0 radical (unpaired) electrons. The number of nitrogens with zero attached hydrogens (tertiary/aromatic N) is 2. The van der Waals surface area contributed by atoms with E-state index in [1.807, 2.05) is 6.92 Å². The first kappa shape index (κ1) is 31.1. The van der Waals surface area contributed by atoms with Crippen LogP contribution in [0.3, 0.4) is 0 Å². The summed E-state index contributed by atoms with van der Waals surface area (Å²) in [5, 5.41) is 3.76. The monoisotopic (exact) mass is 603 g/mol. The minimum atomic E-state index is -3.85. The van der Waals surface area contributed by atoms with Crippen LogP contribution in [0.1, 0.15) is 57.4 Å². The molecule has 2 amide bonds. The van der Waals surface area contributed by atoms with Crippen LogP contribution in [0, 0.1) is 11.6 Å². The summed E-state index contributed by atoms with van der Waals surface area (Å²) in [4.78, 5) is 28.3. The number of sulfonamides is 1. The van der Waals surface area contributed by atoms with Crippen LogP contribution < -0.4 is 9.62 Å². The number of rotatable bonds is 12. The van der Waals surface area contributed by atoms with Gasteiger partial charge in [-0.15, -0.1) is 0 Å². The Morgan fingerprint density at radius 1 is 1.08 bits per heavy atom. The molecule has 214 valence electrons. The van der Waals surface area contributed by atoms with Crippen LogP contribution in [0.15, 0.2) is 36.4 Å². The van der Waals surface area contributed by atoms with Crippen molar-refractivity contribution in [1.29, 1.82) is 0 Å². The molecule has 12 heteroatoms. The van der Waals surface area contributed by atoms with Crippen LogP contribution in [0.25, 0.3) is 0 Å². The second-order valence-electron chi connectivity index (χ2n) is 9.67. The third kappa shape index (κ3) is 8.28. The molecule has 0 saturated heterocycles. The summed E-state index contributed by atoms with van der Waals surface area (Å²) < 4.78 is 52.9. The van der Waals surface area contributed by atoms with E-state index in [1.54, 1.807) is 18.2 Å². The number of amides is 2. The number of halogens is 4. The molecule has 1 aliphatic carbocycles. The van der Waals surface area contributed by atoms with Crippen LogP contribution in [0.4, 0.5) is 14.5 Å². The Morgan fingerprint density at radius 2 is 1.72 bits per heavy atom. The molecule has 2 aromatic carbocycles. The summed E-state index contributed by atoms with van der Waals surface area (Å²) in [5.41, 5.74) is 0.451. The number of carbonyl (C=O) groups excluding carboxylic acids is 2. The van der Waals surface area contributed by atoms with Gasteiger partial charge in [0.05, 0.1) is 11.9 Å². The summed E-state index contributed by atoms with van der Waals surface area (Å²) in [5.74, 6) is -2.93. The van der Waals surface area contributed by atoms with Gasteiger partial charge in [0.15, 0.2) is 11.6 Å². The van der Waals surface area contributed by atoms with Crippen molar-refractivity contribution in [2.75, 3.05) is 17.1 Å². The van der Waals surface area contributed by atoms with E-state index in [9.17, 15) is 26.8 Å². The Morgan fingerprint density at radius 3 is 2.28 bits per heavy atom. The molecule has 2 aromatic rings. The van der Waals surface area contributed by atoms with Crippen molar-refractivity contribution in [3.8, 4) is 0 Å². The van der Waals surface area contributed by atoms with Gasteiger partial charge in [0.1, 0.15) is 6.04 Å². The summed E-state index contributed by atoms with van der Waals surface area (Å²) in [6.45, 7) is 1.65. The maximum absolute atomic E-state index is 13.8. The molecule has 3 rings (SSSR count). The SMILES string of the molecule is CC[C@H](C(=O)NC1CCCC1)N(Cc1c(Cl)cccc1Cl)C(=O)CCCN(c1ccc(F)c(F)c1)S(C)(=O)=O. The molecule has 39 heavy (non-hydrogen) atoms. The summed E-state index contributed by atoms with van der Waals surface area (Å²) in [6, 6.07) is 7.06. The molecular formula is C27H33Cl2F2N3O4S.